The van der Waals surface area contributed by atoms with Crippen LogP contribution < -0.4 is 5.32 Å². The number of rotatable bonds is 8. The molecule has 0 spiro atoms. The van der Waals surface area contributed by atoms with Crippen LogP contribution in [-0.4, -0.2) is 39.8 Å². The smallest absolute Gasteiger partial charge is 0.416 e. The van der Waals surface area contributed by atoms with Gasteiger partial charge in [0.15, 0.2) is 0 Å². The molecular formula is C23H26F3NO5. The van der Waals surface area contributed by atoms with Crippen LogP contribution in [0.1, 0.15) is 35.3 Å². The summed E-state index contributed by atoms with van der Waals surface area (Å²) in [6.45, 7) is 4.21. The summed E-state index contributed by atoms with van der Waals surface area (Å²) in [5.74, 6) is -2.51. The Morgan fingerprint density at radius 1 is 1.03 bits per heavy atom. The van der Waals surface area contributed by atoms with Crippen molar-refractivity contribution in [3.05, 3.63) is 82.9 Å². The quantitative estimate of drug-likeness (QED) is 0.451. The number of aliphatic hydroxyl groups is 1. The molecule has 0 aromatic heterocycles. The molecule has 0 aliphatic rings. The third-order valence-electron chi connectivity index (χ3n) is 4.29. The molecule has 0 amide bonds. The molecule has 0 bridgehead atoms. The first-order valence-corrected chi connectivity index (χ1v) is 9.66. The van der Waals surface area contributed by atoms with E-state index in [1.165, 1.54) is 23.3 Å². The Balaban J connectivity index is 0.000000547. The van der Waals surface area contributed by atoms with Crippen molar-refractivity contribution in [2.45, 2.75) is 38.6 Å². The maximum Gasteiger partial charge on any atom is 0.416 e. The molecule has 0 aliphatic heterocycles. The topological polar surface area (TPSA) is 107 Å². The molecule has 9 heteroatoms. The molecule has 174 valence electrons. The lowest BCUT2D eigenvalue weighted by atomic mass is 10.0. The monoisotopic (exact) mass is 453 g/mol. The van der Waals surface area contributed by atoms with Crippen molar-refractivity contribution in [1.29, 1.82) is 0 Å². The molecule has 32 heavy (non-hydrogen) atoms. The maximum atomic E-state index is 12.7. The summed E-state index contributed by atoms with van der Waals surface area (Å²) >= 11 is 0. The van der Waals surface area contributed by atoms with Crippen LogP contribution in [0.15, 0.2) is 60.7 Å². The number of nitrogens with one attached hydrogen (secondary N) is 1. The minimum absolute atomic E-state index is 0.105. The number of benzene rings is 2. The maximum absolute atomic E-state index is 12.7. The van der Waals surface area contributed by atoms with Crippen molar-refractivity contribution in [1.82, 2.24) is 5.32 Å². The summed E-state index contributed by atoms with van der Waals surface area (Å²) in [5, 5.41) is 28.9. The van der Waals surface area contributed by atoms with Gasteiger partial charge in [0.05, 0.1) is 11.7 Å². The molecule has 2 unspecified atom stereocenters. The van der Waals surface area contributed by atoms with Crippen molar-refractivity contribution in [3.8, 4) is 0 Å². The highest BCUT2D eigenvalue weighted by Crippen LogP contribution is 2.30. The van der Waals surface area contributed by atoms with Crippen LogP contribution in [0.3, 0.4) is 0 Å². The normalized spacial score (nSPS) is 13.2. The van der Waals surface area contributed by atoms with Gasteiger partial charge < -0.3 is 20.6 Å². The second-order valence-electron chi connectivity index (χ2n) is 7.15. The fraction of sp³-hybridized carbons (Fsp3) is 0.304. The third kappa shape index (κ3) is 10.7. The Morgan fingerprint density at radius 3 is 2.09 bits per heavy atom. The average molecular weight is 453 g/mol. The highest BCUT2D eigenvalue weighted by Gasteiger charge is 2.30. The van der Waals surface area contributed by atoms with Gasteiger partial charge >= 0.3 is 18.1 Å². The van der Waals surface area contributed by atoms with E-state index in [4.69, 9.17) is 10.2 Å². The minimum atomic E-state index is -4.40. The summed E-state index contributed by atoms with van der Waals surface area (Å²) in [5.41, 5.74) is 1.89. The van der Waals surface area contributed by atoms with E-state index < -0.39 is 29.8 Å². The van der Waals surface area contributed by atoms with E-state index in [0.717, 1.165) is 18.6 Å². The van der Waals surface area contributed by atoms with Crippen LogP contribution >= 0.6 is 0 Å². The van der Waals surface area contributed by atoms with Crippen molar-refractivity contribution in [2.24, 2.45) is 0 Å². The van der Waals surface area contributed by atoms with Gasteiger partial charge in [-0.1, -0.05) is 42.0 Å². The van der Waals surface area contributed by atoms with Gasteiger partial charge in [-0.15, -0.1) is 0 Å². The van der Waals surface area contributed by atoms with Crippen LogP contribution in [0.2, 0.25) is 0 Å². The lowest BCUT2D eigenvalue weighted by Crippen LogP contribution is -2.32. The second kappa shape index (κ2) is 12.6. The first kappa shape index (κ1) is 26.9. The predicted molar refractivity (Wildman–Crippen MR) is 113 cm³/mol. The van der Waals surface area contributed by atoms with Gasteiger partial charge in [-0.05, 0) is 43.5 Å². The lowest BCUT2D eigenvalue weighted by molar-refractivity contribution is -0.137. The molecule has 4 N–H and O–H groups in total. The molecule has 2 rings (SSSR count). The molecule has 2 aromatic carbocycles. The van der Waals surface area contributed by atoms with Crippen molar-refractivity contribution in [2.75, 3.05) is 6.54 Å². The van der Waals surface area contributed by atoms with E-state index in [2.05, 4.69) is 17.4 Å². The van der Waals surface area contributed by atoms with Crippen molar-refractivity contribution in [3.63, 3.8) is 0 Å². The molecule has 0 radical (unpaired) electrons. The number of carboxylic acids is 2. The Labute approximate surface area is 184 Å². The highest BCUT2D eigenvalue weighted by atomic mass is 19.4. The SMILES string of the molecule is Cc1ccc(CC(C)NCC(O)c2cccc(C(F)(F)F)c2)cc1.O=C(O)/C=C/C(=O)O. The summed E-state index contributed by atoms with van der Waals surface area (Å²) in [6.07, 6.45) is -3.48. The summed E-state index contributed by atoms with van der Waals surface area (Å²) in [6, 6.07) is 13.1. The lowest BCUT2D eigenvalue weighted by Gasteiger charge is -2.18. The zero-order chi connectivity index (χ0) is 24.3. The zero-order valence-electron chi connectivity index (χ0n) is 17.6. The van der Waals surface area contributed by atoms with Crippen LogP contribution in [-0.2, 0) is 22.2 Å². The average Bonchev–Trinajstić information content (AvgIpc) is 2.72. The molecule has 0 fully saturated rings. The molecule has 6 nitrogen and oxygen atoms in total. The molecule has 2 aromatic rings. The largest absolute Gasteiger partial charge is 0.478 e. The first-order valence-electron chi connectivity index (χ1n) is 9.66. The van der Waals surface area contributed by atoms with E-state index >= 15 is 0 Å². The van der Waals surface area contributed by atoms with Gasteiger partial charge in [0.2, 0.25) is 0 Å². The minimum Gasteiger partial charge on any atom is -0.478 e. The highest BCUT2D eigenvalue weighted by molar-refractivity contribution is 5.89. The van der Waals surface area contributed by atoms with Crippen LogP contribution in [0.5, 0.6) is 0 Å². The van der Waals surface area contributed by atoms with Gasteiger partial charge in [-0.2, -0.15) is 13.2 Å². The van der Waals surface area contributed by atoms with E-state index in [0.29, 0.717) is 12.2 Å². The molecular weight excluding hydrogens is 427 g/mol. The third-order valence-corrected chi connectivity index (χ3v) is 4.29. The summed E-state index contributed by atoms with van der Waals surface area (Å²) < 4.78 is 38.2. The summed E-state index contributed by atoms with van der Waals surface area (Å²) in [7, 11) is 0. The standard InChI is InChI=1S/C19H22F3NO.C4H4O4/c1-13-6-8-15(9-7-13)10-14(2)23-12-18(24)16-4-3-5-17(11-16)19(20,21)22;5-3(6)1-2-4(7)8/h3-9,11,14,18,23-24H,10,12H2,1-2H3;1-2H,(H,5,6)(H,7,8)/b;2-1+. The number of halogens is 3. The molecule has 0 heterocycles. The van der Waals surface area contributed by atoms with Crippen molar-refractivity contribution < 1.29 is 38.1 Å². The predicted octanol–water partition coefficient (Wildman–Crippen LogP) is 3.98. The molecule has 0 aliphatic carbocycles. The number of carboxylic acid groups (broad SMARTS) is 2. The number of aliphatic carboxylic acids is 2. The zero-order valence-corrected chi connectivity index (χ0v) is 17.6. The number of hydrogen-bond acceptors (Lipinski definition) is 4. The van der Waals surface area contributed by atoms with Crippen LogP contribution in [0.25, 0.3) is 0 Å². The van der Waals surface area contributed by atoms with Crippen molar-refractivity contribution >= 4 is 11.9 Å². The molecule has 0 saturated carbocycles. The van der Waals surface area contributed by atoms with Gasteiger partial charge in [0.25, 0.3) is 0 Å². The fourth-order valence-corrected chi connectivity index (χ4v) is 2.65. The van der Waals surface area contributed by atoms with E-state index in [1.54, 1.807) is 0 Å². The fourth-order valence-electron chi connectivity index (χ4n) is 2.65. The van der Waals surface area contributed by atoms with Crippen LogP contribution in [0.4, 0.5) is 13.2 Å². The number of alkyl halides is 3. The van der Waals surface area contributed by atoms with E-state index in [1.807, 2.05) is 26.0 Å². The van der Waals surface area contributed by atoms with Gasteiger partial charge in [0.1, 0.15) is 0 Å². The van der Waals surface area contributed by atoms with Crippen LogP contribution in [0, 0.1) is 6.92 Å². The number of hydrogen-bond donors (Lipinski definition) is 4. The number of aryl methyl sites for hydroxylation is 1. The van der Waals surface area contributed by atoms with Gasteiger partial charge in [-0.3, -0.25) is 0 Å². The Bertz CT molecular complexity index is 895. The Hall–Kier alpha value is -3.17. The Morgan fingerprint density at radius 2 is 1.59 bits per heavy atom. The summed E-state index contributed by atoms with van der Waals surface area (Å²) in [4.78, 5) is 19.1. The molecule has 2 atom stereocenters. The molecule has 0 saturated heterocycles. The number of aliphatic hydroxyl groups excluding tert-OH is 1. The second-order valence-corrected chi connectivity index (χ2v) is 7.15. The number of carbonyl (C=O) groups is 2. The van der Waals surface area contributed by atoms with E-state index in [9.17, 15) is 27.9 Å². The van der Waals surface area contributed by atoms with E-state index in [-0.39, 0.29) is 18.2 Å². The van der Waals surface area contributed by atoms with Gasteiger partial charge in [0, 0.05) is 24.7 Å². The van der Waals surface area contributed by atoms with Gasteiger partial charge in [-0.25, -0.2) is 9.59 Å². The first-order chi connectivity index (χ1) is 14.9. The Kier molecular flexibility index (Phi) is 10.6.